The molecule has 5 saturated carbocycles. The molecule has 2 amide bonds. The van der Waals surface area contributed by atoms with Crippen LogP contribution in [0.1, 0.15) is 116 Å². The molecule has 6 fully saturated rings. The van der Waals surface area contributed by atoms with E-state index in [1.54, 1.807) is 0 Å². The molecule has 2 aliphatic heterocycles. The summed E-state index contributed by atoms with van der Waals surface area (Å²) in [6, 6.07) is 0. The smallest absolute Gasteiger partial charge is 0.320 e. The molecule has 0 aromatic heterocycles. The molecule has 242 valence electrons. The Bertz CT molecular complexity index is 1160. The van der Waals surface area contributed by atoms with Crippen LogP contribution in [0.25, 0.3) is 0 Å². The lowest BCUT2D eigenvalue weighted by atomic mass is 9.49. The van der Waals surface area contributed by atoms with Crippen molar-refractivity contribution in [2.24, 2.45) is 40.4 Å². The first-order valence-electron chi connectivity index (χ1n) is 18.0. The zero-order valence-corrected chi connectivity index (χ0v) is 27.1. The number of carbonyl (C=O) groups is 3. The summed E-state index contributed by atoms with van der Waals surface area (Å²) >= 11 is 0. The van der Waals surface area contributed by atoms with Gasteiger partial charge in [-0.3, -0.25) is 14.4 Å². The maximum Gasteiger partial charge on any atom is 0.320 e. The van der Waals surface area contributed by atoms with Crippen LogP contribution >= 0.6 is 0 Å². The number of likely N-dealkylation sites (tertiary alicyclic amines) is 1. The Kier molecular flexibility index (Phi) is 8.47. The van der Waals surface area contributed by atoms with Crippen LogP contribution in [-0.4, -0.2) is 55.1 Å². The van der Waals surface area contributed by atoms with E-state index in [4.69, 9.17) is 9.47 Å². The molecule has 0 spiro atoms. The number of ether oxygens (including phenoxy) is 2. The molecule has 0 radical (unpaired) electrons. The molecule has 7 heteroatoms. The highest BCUT2D eigenvalue weighted by atomic mass is 16.5. The number of allylic oxidation sites excluding steroid dienone is 1. The summed E-state index contributed by atoms with van der Waals surface area (Å²) in [7, 11) is 1.44. The molecule has 1 N–H and O–H groups in total. The number of piperidine rings is 1. The van der Waals surface area contributed by atoms with Gasteiger partial charge in [0, 0.05) is 31.1 Å². The first-order chi connectivity index (χ1) is 21.3. The molecule has 4 bridgehead atoms. The van der Waals surface area contributed by atoms with E-state index in [2.05, 4.69) is 17.5 Å². The van der Waals surface area contributed by atoms with Crippen molar-refractivity contribution < 1.29 is 23.9 Å². The predicted molar refractivity (Wildman–Crippen MR) is 168 cm³/mol. The highest BCUT2D eigenvalue weighted by Gasteiger charge is 2.60. The fraction of sp³-hybridized carbons (Fsp3) is 0.811. The van der Waals surface area contributed by atoms with Crippen molar-refractivity contribution >= 4 is 17.8 Å². The van der Waals surface area contributed by atoms with E-state index >= 15 is 0 Å². The second-order valence-corrected chi connectivity index (χ2v) is 15.9. The topological polar surface area (TPSA) is 84.9 Å². The van der Waals surface area contributed by atoms with E-state index in [1.165, 1.54) is 76.9 Å². The molecular weight excluding hydrogens is 552 g/mol. The van der Waals surface area contributed by atoms with Crippen LogP contribution in [0.3, 0.4) is 0 Å². The number of fused-ring (bicyclic) bond motifs is 1. The Balaban J connectivity index is 1.13. The van der Waals surface area contributed by atoms with Crippen molar-refractivity contribution in [2.45, 2.75) is 128 Å². The van der Waals surface area contributed by atoms with Gasteiger partial charge in [0.15, 0.2) is 0 Å². The van der Waals surface area contributed by atoms with Crippen molar-refractivity contribution in [3.8, 4) is 0 Å². The summed E-state index contributed by atoms with van der Waals surface area (Å²) in [5.74, 6) is 1.88. The molecule has 1 saturated heterocycles. The number of hydrogen-bond donors (Lipinski definition) is 1. The molecule has 2 heterocycles. The van der Waals surface area contributed by atoms with Gasteiger partial charge in [0.1, 0.15) is 5.41 Å². The highest BCUT2D eigenvalue weighted by molar-refractivity contribution is 5.92. The summed E-state index contributed by atoms with van der Waals surface area (Å²) in [6.07, 6.45) is 22.1. The number of hydrogen-bond acceptors (Lipinski definition) is 5. The molecule has 44 heavy (non-hydrogen) atoms. The van der Waals surface area contributed by atoms with Crippen LogP contribution in [0.5, 0.6) is 0 Å². The van der Waals surface area contributed by atoms with Gasteiger partial charge in [-0.1, -0.05) is 24.5 Å². The number of nitrogens with one attached hydrogen (secondary N) is 1. The van der Waals surface area contributed by atoms with Crippen LogP contribution in [0.15, 0.2) is 23.4 Å². The van der Waals surface area contributed by atoms with Gasteiger partial charge in [-0.2, -0.15) is 0 Å². The lowest BCUT2D eigenvalue weighted by molar-refractivity contribution is -0.177. The molecule has 8 aliphatic rings. The number of nitrogens with zero attached hydrogens (tertiary/aromatic N) is 1. The SMILES string of the molecule is COC(=O)[C@@]12C[C@H](CC(=O)NCC34CC5CC(CC(C5)C3)C4)C(=O)N(CCC3=CCCCC3)C1=C[C@@H](C1CCCC1)O[C@H]2C. The average Bonchev–Trinajstić information content (AvgIpc) is 3.55. The maximum atomic E-state index is 14.4. The predicted octanol–water partition coefficient (Wildman–Crippen LogP) is 6.47. The second-order valence-electron chi connectivity index (χ2n) is 15.9. The van der Waals surface area contributed by atoms with Crippen molar-refractivity contribution in [3.05, 3.63) is 23.4 Å². The summed E-state index contributed by atoms with van der Waals surface area (Å²) < 4.78 is 12.1. The summed E-state index contributed by atoms with van der Waals surface area (Å²) in [5.41, 5.74) is 1.32. The molecule has 0 aromatic carbocycles. The minimum Gasteiger partial charge on any atom is -0.468 e. The maximum absolute atomic E-state index is 14.4. The van der Waals surface area contributed by atoms with Crippen LogP contribution in [-0.2, 0) is 23.9 Å². The Morgan fingerprint density at radius 3 is 2.36 bits per heavy atom. The van der Waals surface area contributed by atoms with Crippen molar-refractivity contribution in [1.29, 1.82) is 0 Å². The molecule has 8 rings (SSSR count). The van der Waals surface area contributed by atoms with Crippen molar-refractivity contribution in [1.82, 2.24) is 10.2 Å². The Hall–Kier alpha value is -2.15. The second kappa shape index (κ2) is 12.2. The summed E-state index contributed by atoms with van der Waals surface area (Å²) in [5, 5.41) is 3.31. The number of rotatable bonds is 9. The van der Waals surface area contributed by atoms with E-state index in [0.717, 1.165) is 62.1 Å². The van der Waals surface area contributed by atoms with E-state index in [-0.39, 0.29) is 42.1 Å². The normalized spacial score (nSPS) is 40.0. The largest absolute Gasteiger partial charge is 0.468 e. The van der Waals surface area contributed by atoms with Crippen molar-refractivity contribution in [3.63, 3.8) is 0 Å². The third-order valence-electron chi connectivity index (χ3n) is 13.0. The van der Waals surface area contributed by atoms with E-state index in [1.807, 2.05) is 11.8 Å². The lowest BCUT2D eigenvalue weighted by Crippen LogP contribution is -2.61. The number of carbonyl (C=O) groups excluding carboxylic acids is 3. The molecule has 0 unspecified atom stereocenters. The van der Waals surface area contributed by atoms with Crippen molar-refractivity contribution in [2.75, 3.05) is 20.2 Å². The van der Waals surface area contributed by atoms with Gasteiger partial charge in [-0.15, -0.1) is 0 Å². The minimum absolute atomic E-state index is 0.0172. The number of esters is 1. The van der Waals surface area contributed by atoms with Crippen LogP contribution in [0.4, 0.5) is 0 Å². The van der Waals surface area contributed by atoms with Crippen LogP contribution < -0.4 is 5.32 Å². The van der Waals surface area contributed by atoms with Gasteiger partial charge in [-0.05, 0) is 132 Å². The fourth-order valence-electron chi connectivity index (χ4n) is 11.3. The number of methoxy groups -OCH3 is 1. The third kappa shape index (κ3) is 5.58. The standard InChI is InChI=1S/C37H54N2O5/c1-24-37(35(42)43-2)22-30(17-33(40)38-23-36-19-26-14-27(20-36)16-28(15-26)21-36)34(41)39(13-12-25-8-4-3-5-9-25)32(37)18-31(44-24)29-10-6-7-11-29/h8,18,24,26-31H,3-7,9-17,19-23H2,1-2H3,(H,38,40)/t24-,26?,27?,28?,30-,31-,36?,37+/m0/s1. The van der Waals surface area contributed by atoms with Gasteiger partial charge in [0.2, 0.25) is 11.8 Å². The zero-order valence-electron chi connectivity index (χ0n) is 27.1. The molecule has 7 nitrogen and oxygen atoms in total. The minimum atomic E-state index is -1.09. The average molecular weight is 607 g/mol. The summed E-state index contributed by atoms with van der Waals surface area (Å²) in [4.78, 5) is 43.7. The Labute approximate surface area is 263 Å². The van der Waals surface area contributed by atoms with Crippen LogP contribution in [0.2, 0.25) is 0 Å². The Morgan fingerprint density at radius 1 is 1.02 bits per heavy atom. The first kappa shape index (κ1) is 30.5. The molecule has 4 atom stereocenters. The van der Waals surface area contributed by atoms with Gasteiger partial charge in [0.25, 0.3) is 0 Å². The van der Waals surface area contributed by atoms with Gasteiger partial charge >= 0.3 is 5.97 Å². The van der Waals surface area contributed by atoms with Gasteiger partial charge in [0.05, 0.1) is 19.3 Å². The van der Waals surface area contributed by atoms with E-state index in [9.17, 15) is 14.4 Å². The lowest BCUT2D eigenvalue weighted by Gasteiger charge is -2.57. The number of amides is 2. The molecule has 0 aromatic rings. The monoisotopic (exact) mass is 606 g/mol. The third-order valence-corrected chi connectivity index (χ3v) is 13.0. The van der Waals surface area contributed by atoms with Gasteiger partial charge in [-0.25, -0.2) is 0 Å². The van der Waals surface area contributed by atoms with Gasteiger partial charge < -0.3 is 19.7 Å². The highest BCUT2D eigenvalue weighted by Crippen LogP contribution is 2.60. The van der Waals surface area contributed by atoms with Crippen LogP contribution in [0, 0.1) is 40.4 Å². The molecular formula is C37H54N2O5. The van der Waals surface area contributed by atoms with E-state index in [0.29, 0.717) is 12.5 Å². The molecule has 6 aliphatic carbocycles. The fourth-order valence-corrected chi connectivity index (χ4v) is 11.3. The quantitative estimate of drug-likeness (QED) is 0.240. The van der Waals surface area contributed by atoms with E-state index < -0.39 is 17.4 Å². The Morgan fingerprint density at radius 2 is 1.73 bits per heavy atom. The first-order valence-corrected chi connectivity index (χ1v) is 18.0. The summed E-state index contributed by atoms with van der Waals surface area (Å²) in [6.45, 7) is 3.24. The zero-order chi connectivity index (χ0) is 30.5.